The van der Waals surface area contributed by atoms with Crippen molar-refractivity contribution in [3.63, 3.8) is 0 Å². The molecule has 0 saturated heterocycles. The third-order valence-electron chi connectivity index (χ3n) is 2.55. The molecule has 1 heterocycles. The van der Waals surface area contributed by atoms with Crippen LogP contribution >= 0.6 is 0 Å². The largest absolute Gasteiger partial charge is 0.445 e. The Hall–Kier alpha value is -1.25. The van der Waals surface area contributed by atoms with E-state index in [0.29, 0.717) is 11.4 Å². The fraction of sp³-hybridized carbons (Fsp3) is 0.615. The number of fused-ring (bicyclic) bond motifs is 1. The summed E-state index contributed by atoms with van der Waals surface area (Å²) < 4.78 is 5.36. The maximum atomic E-state index is 11.3. The van der Waals surface area contributed by atoms with Gasteiger partial charge in [-0.2, -0.15) is 0 Å². The van der Waals surface area contributed by atoms with Crippen LogP contribution in [0.5, 0.6) is 0 Å². The lowest BCUT2D eigenvalue weighted by Gasteiger charge is -2.09. The molecule has 0 spiro atoms. The van der Waals surface area contributed by atoms with E-state index < -0.39 is 0 Å². The van der Waals surface area contributed by atoms with Crippen LogP contribution in [0.1, 0.15) is 62.7 Å². The number of nitrogen functional groups attached to an aromatic ring is 1. The van der Waals surface area contributed by atoms with E-state index in [9.17, 15) is 4.79 Å². The molecule has 1 aromatic heterocycles. The van der Waals surface area contributed by atoms with Crippen molar-refractivity contribution in [3.8, 4) is 0 Å². The number of aryl methyl sites for hydroxylation is 1. The van der Waals surface area contributed by atoms with E-state index >= 15 is 0 Å². The van der Waals surface area contributed by atoms with Crippen LogP contribution in [0.2, 0.25) is 0 Å². The highest BCUT2D eigenvalue weighted by molar-refractivity contribution is 5.99. The lowest BCUT2D eigenvalue weighted by Crippen LogP contribution is -2.04. The first-order valence-corrected chi connectivity index (χ1v) is 5.61. The Balaban J connectivity index is 0.000000711. The molecule has 1 aromatic rings. The molecule has 0 aromatic carbocycles. The van der Waals surface area contributed by atoms with Gasteiger partial charge in [0.15, 0.2) is 5.78 Å². The number of hydrogen-bond acceptors (Lipinski definition) is 3. The van der Waals surface area contributed by atoms with Crippen molar-refractivity contribution in [2.45, 2.75) is 53.9 Å². The van der Waals surface area contributed by atoms with E-state index in [1.54, 1.807) is 0 Å². The van der Waals surface area contributed by atoms with E-state index in [1.807, 2.05) is 13.8 Å². The fourth-order valence-electron chi connectivity index (χ4n) is 1.97. The lowest BCUT2D eigenvalue weighted by atomic mass is 9.94. The number of carbonyl (C=O) groups is 1. The molecule has 0 atom stereocenters. The van der Waals surface area contributed by atoms with E-state index in [0.717, 1.165) is 37.0 Å². The van der Waals surface area contributed by atoms with Gasteiger partial charge in [0, 0.05) is 12.0 Å². The van der Waals surface area contributed by atoms with Crippen LogP contribution in [0.15, 0.2) is 4.42 Å². The van der Waals surface area contributed by atoms with Crippen molar-refractivity contribution in [2.24, 2.45) is 0 Å². The molecule has 92 valence electrons. The third kappa shape index (κ3) is 2.65. The zero-order valence-electron chi connectivity index (χ0n) is 9.72. The Kier molecular flexibility index (Phi) is 5.86. The maximum Gasteiger partial charge on any atom is 0.201 e. The van der Waals surface area contributed by atoms with Crippen molar-refractivity contribution >= 4 is 11.7 Å². The van der Waals surface area contributed by atoms with Crippen molar-refractivity contribution in [2.75, 3.05) is 5.73 Å². The first-order valence-electron chi connectivity index (χ1n) is 5.61. The zero-order valence-corrected chi connectivity index (χ0v) is 9.72. The minimum atomic E-state index is 0. The van der Waals surface area contributed by atoms with Crippen molar-refractivity contribution in [1.29, 1.82) is 0 Å². The smallest absolute Gasteiger partial charge is 0.201 e. The van der Waals surface area contributed by atoms with Crippen LogP contribution in [-0.4, -0.2) is 5.78 Å². The Bertz CT molecular complexity index is 353. The van der Waals surface area contributed by atoms with Crippen molar-refractivity contribution in [3.05, 3.63) is 16.9 Å². The highest BCUT2D eigenvalue weighted by Crippen LogP contribution is 2.31. The van der Waals surface area contributed by atoms with Gasteiger partial charge in [-0.25, -0.2) is 0 Å². The molecule has 3 heteroatoms. The number of furan rings is 1. The summed E-state index contributed by atoms with van der Waals surface area (Å²) in [6.45, 7) is 5.54. The summed E-state index contributed by atoms with van der Waals surface area (Å²) in [6.07, 6.45) is 4.13. The minimum Gasteiger partial charge on any atom is -0.445 e. The molecule has 1 aliphatic rings. The molecule has 0 unspecified atom stereocenters. The van der Waals surface area contributed by atoms with E-state index in [4.69, 9.17) is 10.2 Å². The SMILES string of the molecule is C.CC.CC(=O)c1c(N)oc2c1CCCC2. The molecule has 0 amide bonds. The number of carbonyl (C=O) groups excluding carboxylic acids is 1. The van der Waals surface area contributed by atoms with Crippen LogP contribution in [0, 0.1) is 0 Å². The third-order valence-corrected chi connectivity index (χ3v) is 2.55. The lowest BCUT2D eigenvalue weighted by molar-refractivity contribution is 0.101. The first-order chi connectivity index (χ1) is 7.20. The standard InChI is InChI=1S/C10H13NO2.C2H6.CH4/c1-6(12)9-7-4-2-3-5-8(7)13-10(9)11;1-2;/h2-5,11H2,1H3;1-2H3;1H4. The van der Waals surface area contributed by atoms with Crippen LogP contribution in [0.25, 0.3) is 0 Å². The average molecular weight is 225 g/mol. The number of rotatable bonds is 1. The molecule has 0 aliphatic heterocycles. The predicted molar refractivity (Wildman–Crippen MR) is 67.8 cm³/mol. The van der Waals surface area contributed by atoms with Gasteiger partial charge in [0.25, 0.3) is 0 Å². The maximum absolute atomic E-state index is 11.3. The van der Waals surface area contributed by atoms with Gasteiger partial charge in [-0.1, -0.05) is 21.3 Å². The second kappa shape index (κ2) is 6.36. The molecule has 2 N–H and O–H groups in total. The average Bonchev–Trinajstić information content (AvgIpc) is 2.56. The van der Waals surface area contributed by atoms with Crippen LogP contribution in [0.4, 0.5) is 5.88 Å². The monoisotopic (exact) mass is 225 g/mol. The normalized spacial score (nSPS) is 12.9. The molecule has 16 heavy (non-hydrogen) atoms. The zero-order chi connectivity index (χ0) is 11.4. The Morgan fingerprint density at radius 2 is 1.81 bits per heavy atom. The molecule has 0 radical (unpaired) electrons. The quantitative estimate of drug-likeness (QED) is 0.743. The van der Waals surface area contributed by atoms with Crippen molar-refractivity contribution < 1.29 is 9.21 Å². The van der Waals surface area contributed by atoms with E-state index in [2.05, 4.69) is 0 Å². The van der Waals surface area contributed by atoms with Gasteiger partial charge in [-0.3, -0.25) is 4.79 Å². The molecule has 1 aliphatic carbocycles. The molecule has 2 rings (SSSR count). The second-order valence-electron chi connectivity index (χ2n) is 3.51. The summed E-state index contributed by atoms with van der Waals surface area (Å²) >= 11 is 0. The highest BCUT2D eigenvalue weighted by Gasteiger charge is 2.23. The Morgan fingerprint density at radius 3 is 2.38 bits per heavy atom. The Labute approximate surface area is 98.0 Å². The van der Waals surface area contributed by atoms with E-state index in [-0.39, 0.29) is 13.2 Å². The van der Waals surface area contributed by atoms with Crippen LogP contribution < -0.4 is 5.73 Å². The van der Waals surface area contributed by atoms with Gasteiger partial charge in [-0.05, 0) is 26.2 Å². The summed E-state index contributed by atoms with van der Waals surface area (Å²) in [7, 11) is 0. The topological polar surface area (TPSA) is 56.2 Å². The van der Waals surface area contributed by atoms with Crippen LogP contribution in [0.3, 0.4) is 0 Å². The summed E-state index contributed by atoms with van der Waals surface area (Å²) in [5, 5.41) is 0. The van der Waals surface area contributed by atoms with Gasteiger partial charge < -0.3 is 10.2 Å². The van der Waals surface area contributed by atoms with E-state index in [1.165, 1.54) is 6.92 Å². The number of anilines is 1. The van der Waals surface area contributed by atoms with Gasteiger partial charge in [0.1, 0.15) is 5.76 Å². The number of ketones is 1. The summed E-state index contributed by atoms with van der Waals surface area (Å²) in [4.78, 5) is 11.3. The fourth-order valence-corrected chi connectivity index (χ4v) is 1.97. The molecule has 0 fully saturated rings. The second-order valence-corrected chi connectivity index (χ2v) is 3.51. The molecule has 3 nitrogen and oxygen atoms in total. The predicted octanol–water partition coefficient (Wildman–Crippen LogP) is 3.61. The minimum absolute atomic E-state index is 0. The molecular formula is C13H23NO2. The highest BCUT2D eigenvalue weighted by atomic mass is 16.4. The van der Waals surface area contributed by atoms with Crippen molar-refractivity contribution in [1.82, 2.24) is 0 Å². The first kappa shape index (κ1) is 14.8. The molecule has 0 bridgehead atoms. The van der Waals surface area contributed by atoms with Gasteiger partial charge >= 0.3 is 0 Å². The number of nitrogens with two attached hydrogens (primary N) is 1. The number of Topliss-reactive ketones (excluding diaryl/α,β-unsaturated/α-hetero) is 1. The summed E-state index contributed by atoms with van der Waals surface area (Å²) in [5.74, 6) is 1.25. The molecule has 0 saturated carbocycles. The van der Waals surface area contributed by atoms with Gasteiger partial charge in [0.2, 0.25) is 5.88 Å². The van der Waals surface area contributed by atoms with Crippen LogP contribution in [-0.2, 0) is 12.8 Å². The summed E-state index contributed by atoms with van der Waals surface area (Å²) in [5.41, 5.74) is 7.31. The Morgan fingerprint density at radius 1 is 1.25 bits per heavy atom. The van der Waals surface area contributed by atoms with Gasteiger partial charge in [-0.15, -0.1) is 0 Å². The van der Waals surface area contributed by atoms with Gasteiger partial charge in [0.05, 0.1) is 5.56 Å². The number of hydrogen-bond donors (Lipinski definition) is 1. The molecular weight excluding hydrogens is 202 g/mol. The summed E-state index contributed by atoms with van der Waals surface area (Å²) in [6, 6.07) is 0.